The Labute approximate surface area is 179 Å². The molecule has 4 rings (SSSR count). The SMILES string of the molecule is CC(C)(c1cccc(-c2n[nH]c(C(F)(F)F)n2)n1)c1cccc(-c2ccc(F)cc2F)n1. The zero-order valence-corrected chi connectivity index (χ0v) is 16.9. The quantitative estimate of drug-likeness (QED) is 0.418. The van der Waals surface area contributed by atoms with E-state index in [-0.39, 0.29) is 17.1 Å². The van der Waals surface area contributed by atoms with Crippen molar-refractivity contribution >= 4 is 0 Å². The average molecular weight is 445 g/mol. The molecule has 0 radical (unpaired) electrons. The molecule has 32 heavy (non-hydrogen) atoms. The van der Waals surface area contributed by atoms with Gasteiger partial charge in [0.2, 0.25) is 5.82 Å². The Balaban J connectivity index is 1.71. The second kappa shape index (κ2) is 7.77. The van der Waals surface area contributed by atoms with Crippen LogP contribution in [0.1, 0.15) is 31.1 Å². The van der Waals surface area contributed by atoms with E-state index in [9.17, 15) is 22.0 Å². The summed E-state index contributed by atoms with van der Waals surface area (Å²) in [7, 11) is 0. The van der Waals surface area contributed by atoms with Gasteiger partial charge in [-0.2, -0.15) is 18.3 Å². The third-order valence-electron chi connectivity index (χ3n) is 4.97. The first kappa shape index (κ1) is 21.5. The van der Waals surface area contributed by atoms with E-state index in [1.165, 1.54) is 12.1 Å². The molecule has 3 heterocycles. The van der Waals surface area contributed by atoms with Gasteiger partial charge >= 0.3 is 6.18 Å². The van der Waals surface area contributed by atoms with Crippen LogP contribution in [0.15, 0.2) is 54.6 Å². The maximum Gasteiger partial charge on any atom is 0.451 e. The Morgan fingerprint density at radius 2 is 1.41 bits per heavy atom. The van der Waals surface area contributed by atoms with Gasteiger partial charge in [-0.25, -0.2) is 18.7 Å². The third kappa shape index (κ3) is 4.08. The molecule has 0 saturated heterocycles. The summed E-state index contributed by atoms with van der Waals surface area (Å²) < 4.78 is 66.0. The Hall–Kier alpha value is -3.69. The number of rotatable bonds is 4. The standard InChI is InChI=1S/C22H16F5N5/c1-21(2,17-7-3-5-15(28-17)13-10-9-12(23)11-14(13)24)18-8-4-6-16(29-18)19-30-20(32-31-19)22(25,26)27/h3-11H,1-2H3,(H,30,31,32). The number of hydrogen-bond donors (Lipinski definition) is 1. The third-order valence-corrected chi connectivity index (χ3v) is 4.97. The van der Waals surface area contributed by atoms with E-state index >= 15 is 0 Å². The number of H-pyrrole nitrogens is 1. The number of pyridine rings is 2. The van der Waals surface area contributed by atoms with Gasteiger partial charge in [0.15, 0.2) is 5.82 Å². The van der Waals surface area contributed by atoms with Crippen molar-refractivity contribution in [2.24, 2.45) is 0 Å². The van der Waals surface area contributed by atoms with Crippen LogP contribution >= 0.6 is 0 Å². The van der Waals surface area contributed by atoms with Crippen LogP contribution in [-0.4, -0.2) is 25.1 Å². The van der Waals surface area contributed by atoms with Gasteiger partial charge in [0.1, 0.15) is 17.3 Å². The lowest BCUT2D eigenvalue weighted by atomic mass is 9.84. The molecule has 0 amide bonds. The molecule has 5 nitrogen and oxygen atoms in total. The normalized spacial score (nSPS) is 12.2. The molecule has 0 atom stereocenters. The molecule has 0 saturated carbocycles. The summed E-state index contributed by atoms with van der Waals surface area (Å²) in [6.45, 7) is 3.65. The zero-order valence-electron chi connectivity index (χ0n) is 16.9. The Kier molecular flexibility index (Phi) is 5.23. The highest BCUT2D eigenvalue weighted by Crippen LogP contribution is 2.32. The second-order valence-electron chi connectivity index (χ2n) is 7.57. The topological polar surface area (TPSA) is 67.3 Å². The van der Waals surface area contributed by atoms with E-state index in [0.29, 0.717) is 17.1 Å². The van der Waals surface area contributed by atoms with Gasteiger partial charge in [-0.3, -0.25) is 10.1 Å². The summed E-state index contributed by atoms with van der Waals surface area (Å²) in [6.07, 6.45) is -4.65. The lowest BCUT2D eigenvalue weighted by Crippen LogP contribution is -2.22. The molecule has 1 N–H and O–H groups in total. The van der Waals surface area contributed by atoms with Crippen molar-refractivity contribution < 1.29 is 22.0 Å². The molecule has 0 fully saturated rings. The number of aromatic nitrogens is 5. The maximum absolute atomic E-state index is 14.2. The number of aromatic amines is 1. The van der Waals surface area contributed by atoms with Gasteiger partial charge in [0, 0.05) is 17.0 Å². The molecule has 1 aromatic carbocycles. The Morgan fingerprint density at radius 3 is 2.00 bits per heavy atom. The fourth-order valence-electron chi connectivity index (χ4n) is 3.17. The molecular weight excluding hydrogens is 429 g/mol. The highest BCUT2D eigenvalue weighted by atomic mass is 19.4. The number of hydrogen-bond acceptors (Lipinski definition) is 4. The molecule has 10 heteroatoms. The number of nitrogens with one attached hydrogen (secondary N) is 1. The summed E-state index contributed by atoms with van der Waals surface area (Å²) in [6, 6.07) is 13.1. The molecule has 0 aliphatic carbocycles. The van der Waals surface area contributed by atoms with Crippen molar-refractivity contribution in [1.82, 2.24) is 25.1 Å². The smallest absolute Gasteiger partial charge is 0.255 e. The van der Waals surface area contributed by atoms with E-state index in [1.54, 1.807) is 30.3 Å². The summed E-state index contributed by atoms with van der Waals surface area (Å²) in [4.78, 5) is 12.4. The molecule has 3 aromatic heterocycles. The molecule has 0 spiro atoms. The van der Waals surface area contributed by atoms with Crippen LogP contribution in [0.4, 0.5) is 22.0 Å². The summed E-state index contributed by atoms with van der Waals surface area (Å²) in [5.74, 6) is -2.83. The van der Waals surface area contributed by atoms with Gasteiger partial charge in [0.05, 0.1) is 17.1 Å². The van der Waals surface area contributed by atoms with Crippen LogP contribution < -0.4 is 0 Å². The van der Waals surface area contributed by atoms with Crippen molar-refractivity contribution in [3.05, 3.63) is 83.4 Å². The van der Waals surface area contributed by atoms with Gasteiger partial charge in [-0.1, -0.05) is 12.1 Å². The van der Waals surface area contributed by atoms with Crippen molar-refractivity contribution in [3.8, 4) is 22.8 Å². The number of benzene rings is 1. The monoisotopic (exact) mass is 445 g/mol. The van der Waals surface area contributed by atoms with Gasteiger partial charge < -0.3 is 0 Å². The van der Waals surface area contributed by atoms with E-state index < -0.39 is 29.1 Å². The summed E-state index contributed by atoms with van der Waals surface area (Å²) in [5, 5.41) is 5.48. The predicted octanol–water partition coefficient (Wildman–Crippen LogP) is 5.55. The number of alkyl halides is 3. The van der Waals surface area contributed by atoms with Crippen molar-refractivity contribution in [2.45, 2.75) is 25.4 Å². The number of halogens is 5. The van der Waals surface area contributed by atoms with E-state index in [4.69, 9.17) is 0 Å². The van der Waals surface area contributed by atoms with Crippen molar-refractivity contribution in [2.75, 3.05) is 0 Å². The largest absolute Gasteiger partial charge is 0.451 e. The number of nitrogens with zero attached hydrogens (tertiary/aromatic N) is 4. The predicted molar refractivity (Wildman–Crippen MR) is 106 cm³/mol. The average Bonchev–Trinajstić information content (AvgIpc) is 3.25. The highest BCUT2D eigenvalue weighted by Gasteiger charge is 2.35. The molecular formula is C22H16F5N5. The molecule has 0 aliphatic heterocycles. The van der Waals surface area contributed by atoms with Gasteiger partial charge in [0.25, 0.3) is 0 Å². The van der Waals surface area contributed by atoms with Crippen LogP contribution in [0, 0.1) is 11.6 Å². The van der Waals surface area contributed by atoms with Crippen LogP contribution in [0.2, 0.25) is 0 Å². The van der Waals surface area contributed by atoms with Crippen molar-refractivity contribution in [3.63, 3.8) is 0 Å². The van der Waals surface area contributed by atoms with Crippen molar-refractivity contribution in [1.29, 1.82) is 0 Å². The van der Waals surface area contributed by atoms with E-state index in [0.717, 1.165) is 12.1 Å². The minimum Gasteiger partial charge on any atom is -0.255 e. The first-order valence-corrected chi connectivity index (χ1v) is 9.46. The summed E-state index contributed by atoms with van der Waals surface area (Å²) >= 11 is 0. The van der Waals surface area contributed by atoms with Gasteiger partial charge in [-0.05, 0) is 50.2 Å². The first-order chi connectivity index (χ1) is 15.1. The second-order valence-corrected chi connectivity index (χ2v) is 7.57. The van der Waals surface area contributed by atoms with Crippen LogP contribution in [0.3, 0.4) is 0 Å². The van der Waals surface area contributed by atoms with E-state index in [2.05, 4.69) is 20.1 Å². The van der Waals surface area contributed by atoms with E-state index in [1.807, 2.05) is 18.9 Å². The minimum atomic E-state index is -4.65. The lowest BCUT2D eigenvalue weighted by Gasteiger charge is -2.24. The first-order valence-electron chi connectivity index (χ1n) is 9.46. The van der Waals surface area contributed by atoms with Gasteiger partial charge in [-0.15, -0.1) is 0 Å². The Morgan fingerprint density at radius 1 is 0.781 bits per heavy atom. The molecule has 4 aromatic rings. The Bertz CT molecular complexity index is 1280. The summed E-state index contributed by atoms with van der Waals surface area (Å²) in [5.41, 5.74) is 0.847. The minimum absolute atomic E-state index is 0.145. The molecule has 0 aliphatic rings. The maximum atomic E-state index is 14.2. The lowest BCUT2D eigenvalue weighted by molar-refractivity contribution is -0.144. The fraction of sp³-hybridized carbons (Fsp3) is 0.182. The zero-order chi connectivity index (χ0) is 23.1. The van der Waals surface area contributed by atoms with Crippen LogP contribution in [0.25, 0.3) is 22.8 Å². The van der Waals surface area contributed by atoms with Crippen LogP contribution in [0.5, 0.6) is 0 Å². The molecule has 0 bridgehead atoms. The fourth-order valence-corrected chi connectivity index (χ4v) is 3.17. The van der Waals surface area contributed by atoms with Crippen LogP contribution in [-0.2, 0) is 11.6 Å². The molecule has 164 valence electrons. The molecule has 0 unspecified atom stereocenters. The highest BCUT2D eigenvalue weighted by molar-refractivity contribution is 5.60.